The molecule has 0 amide bonds. The second kappa shape index (κ2) is 6.04. The van der Waals surface area contributed by atoms with Crippen LogP contribution in [0.4, 0.5) is 5.69 Å². The van der Waals surface area contributed by atoms with Gasteiger partial charge in [-0.1, -0.05) is 0 Å². The van der Waals surface area contributed by atoms with E-state index in [1.165, 1.54) is 55.6 Å². The molecular formula is C17H26N2O. The van der Waals surface area contributed by atoms with Crippen molar-refractivity contribution >= 4 is 5.69 Å². The number of aryl methyl sites for hydroxylation is 2. The lowest BCUT2D eigenvalue weighted by Gasteiger charge is -2.37. The molecule has 110 valence electrons. The predicted molar refractivity (Wildman–Crippen MR) is 84.0 cm³/mol. The molecule has 2 aliphatic rings. The van der Waals surface area contributed by atoms with Gasteiger partial charge in [-0.3, -0.25) is 0 Å². The zero-order valence-electron chi connectivity index (χ0n) is 12.8. The Labute approximate surface area is 122 Å². The molecule has 3 heteroatoms. The molecule has 0 unspecified atom stereocenters. The van der Waals surface area contributed by atoms with Crippen LogP contribution in [0, 0.1) is 0 Å². The summed E-state index contributed by atoms with van der Waals surface area (Å²) in [6.07, 6.45) is 6.10. The molecule has 0 bridgehead atoms. The van der Waals surface area contributed by atoms with Crippen LogP contribution < -0.4 is 9.64 Å². The van der Waals surface area contributed by atoms with Gasteiger partial charge in [0.2, 0.25) is 0 Å². The van der Waals surface area contributed by atoms with Crippen molar-refractivity contribution in [1.82, 2.24) is 4.90 Å². The zero-order valence-corrected chi connectivity index (χ0v) is 12.8. The summed E-state index contributed by atoms with van der Waals surface area (Å²) in [7, 11) is 4.22. The van der Waals surface area contributed by atoms with Gasteiger partial charge in [-0.15, -0.1) is 0 Å². The maximum atomic E-state index is 5.98. The fraction of sp³-hybridized carbons (Fsp3) is 0.647. The molecule has 1 aromatic rings. The summed E-state index contributed by atoms with van der Waals surface area (Å²) < 4.78 is 5.98. The second-order valence-corrected chi connectivity index (χ2v) is 6.29. The summed E-state index contributed by atoms with van der Waals surface area (Å²) in [4.78, 5) is 4.78. The molecule has 0 atom stereocenters. The number of hydrogen-bond donors (Lipinski definition) is 0. The van der Waals surface area contributed by atoms with E-state index in [1.54, 1.807) is 0 Å². The molecule has 0 spiro atoms. The van der Waals surface area contributed by atoms with E-state index in [2.05, 4.69) is 36.0 Å². The van der Waals surface area contributed by atoms with Crippen LogP contribution in [0.2, 0.25) is 0 Å². The predicted octanol–water partition coefficient (Wildman–Crippen LogP) is 2.72. The lowest BCUT2D eigenvalue weighted by molar-refractivity contribution is 0.281. The van der Waals surface area contributed by atoms with Crippen molar-refractivity contribution in [3.8, 4) is 5.75 Å². The summed E-state index contributed by atoms with van der Waals surface area (Å²) in [6.45, 7) is 4.39. The largest absolute Gasteiger partial charge is 0.494 e. The lowest BCUT2D eigenvalue weighted by Crippen LogP contribution is -2.34. The van der Waals surface area contributed by atoms with Crippen LogP contribution in [-0.2, 0) is 12.8 Å². The van der Waals surface area contributed by atoms with Crippen molar-refractivity contribution in [2.45, 2.75) is 32.1 Å². The highest BCUT2D eigenvalue weighted by molar-refractivity contribution is 5.65. The van der Waals surface area contributed by atoms with Gasteiger partial charge in [0.15, 0.2) is 0 Å². The summed E-state index contributed by atoms with van der Waals surface area (Å²) in [5, 5.41) is 0. The van der Waals surface area contributed by atoms with E-state index >= 15 is 0 Å². The highest BCUT2D eigenvalue weighted by Crippen LogP contribution is 2.37. The first kappa shape index (κ1) is 13.7. The van der Waals surface area contributed by atoms with Crippen molar-refractivity contribution in [2.75, 3.05) is 45.2 Å². The number of ether oxygens (including phenoxy) is 1. The van der Waals surface area contributed by atoms with Gasteiger partial charge in [0, 0.05) is 25.3 Å². The number of benzene rings is 1. The molecule has 1 aromatic carbocycles. The van der Waals surface area contributed by atoms with Crippen LogP contribution in [0.25, 0.3) is 0 Å². The van der Waals surface area contributed by atoms with Gasteiger partial charge in [0.1, 0.15) is 5.75 Å². The third-order valence-electron chi connectivity index (χ3n) is 4.32. The van der Waals surface area contributed by atoms with E-state index in [0.717, 1.165) is 25.3 Å². The molecule has 3 rings (SSSR count). The van der Waals surface area contributed by atoms with Crippen LogP contribution in [0.15, 0.2) is 12.1 Å². The first-order valence-electron chi connectivity index (χ1n) is 7.92. The van der Waals surface area contributed by atoms with Gasteiger partial charge in [-0.05, 0) is 69.5 Å². The number of nitrogens with zero attached hydrogens (tertiary/aromatic N) is 2. The van der Waals surface area contributed by atoms with E-state index in [9.17, 15) is 0 Å². The Morgan fingerprint density at radius 1 is 1.10 bits per heavy atom. The van der Waals surface area contributed by atoms with E-state index in [4.69, 9.17) is 4.74 Å². The normalized spacial score (nSPS) is 17.2. The molecule has 20 heavy (non-hydrogen) atoms. The molecular weight excluding hydrogens is 248 g/mol. The van der Waals surface area contributed by atoms with Gasteiger partial charge in [0.05, 0.1) is 6.61 Å². The molecule has 0 saturated carbocycles. The fourth-order valence-electron chi connectivity index (χ4n) is 3.43. The minimum absolute atomic E-state index is 0.820. The number of rotatable bonds is 5. The van der Waals surface area contributed by atoms with E-state index in [0.29, 0.717) is 0 Å². The van der Waals surface area contributed by atoms with Gasteiger partial charge < -0.3 is 14.5 Å². The van der Waals surface area contributed by atoms with Crippen LogP contribution in [0.5, 0.6) is 5.75 Å². The molecule has 2 heterocycles. The van der Waals surface area contributed by atoms with E-state index in [1.807, 2.05) is 0 Å². The molecule has 3 nitrogen and oxygen atoms in total. The first-order chi connectivity index (χ1) is 9.74. The van der Waals surface area contributed by atoms with Crippen molar-refractivity contribution in [2.24, 2.45) is 0 Å². The highest BCUT2D eigenvalue weighted by Gasteiger charge is 2.24. The van der Waals surface area contributed by atoms with Crippen LogP contribution in [0.1, 0.15) is 30.4 Å². The highest BCUT2D eigenvalue weighted by atomic mass is 16.5. The van der Waals surface area contributed by atoms with E-state index < -0.39 is 0 Å². The Balaban J connectivity index is 1.70. The Morgan fingerprint density at radius 3 is 2.35 bits per heavy atom. The maximum absolute atomic E-state index is 5.98. The third-order valence-corrected chi connectivity index (χ3v) is 4.32. The smallest absolute Gasteiger partial charge is 0.119 e. The average molecular weight is 274 g/mol. The topological polar surface area (TPSA) is 15.7 Å². The molecule has 0 N–H and O–H groups in total. The molecule has 0 radical (unpaired) electrons. The van der Waals surface area contributed by atoms with Crippen LogP contribution >= 0.6 is 0 Å². The van der Waals surface area contributed by atoms with Crippen LogP contribution in [-0.4, -0.2) is 45.2 Å². The minimum Gasteiger partial charge on any atom is -0.494 e. The monoisotopic (exact) mass is 274 g/mol. The van der Waals surface area contributed by atoms with Crippen LogP contribution in [0.3, 0.4) is 0 Å². The van der Waals surface area contributed by atoms with Crippen molar-refractivity contribution in [1.29, 1.82) is 0 Å². The molecule has 2 aliphatic heterocycles. The van der Waals surface area contributed by atoms with E-state index in [-0.39, 0.29) is 0 Å². The fourth-order valence-corrected chi connectivity index (χ4v) is 3.43. The lowest BCUT2D eigenvalue weighted by atomic mass is 9.92. The maximum Gasteiger partial charge on any atom is 0.119 e. The SMILES string of the molecule is CN(C)CCCOc1cc2c3c(c1)CCCN3CCC2. The Hall–Kier alpha value is -1.22. The Kier molecular flexibility index (Phi) is 4.16. The zero-order chi connectivity index (χ0) is 13.9. The number of hydrogen-bond acceptors (Lipinski definition) is 3. The summed E-state index contributed by atoms with van der Waals surface area (Å²) in [6, 6.07) is 4.57. The molecule has 0 fully saturated rings. The van der Waals surface area contributed by atoms with Crippen molar-refractivity contribution in [3.05, 3.63) is 23.3 Å². The van der Waals surface area contributed by atoms with Gasteiger partial charge in [-0.25, -0.2) is 0 Å². The third kappa shape index (κ3) is 2.93. The summed E-state index contributed by atoms with van der Waals surface area (Å²) >= 11 is 0. The summed E-state index contributed by atoms with van der Waals surface area (Å²) in [5.74, 6) is 1.08. The average Bonchev–Trinajstić information content (AvgIpc) is 2.44. The standard InChI is InChI=1S/C17H26N2O/c1-18(2)8-5-11-20-16-12-14-6-3-9-19-10-4-7-15(13-16)17(14)19/h12-13H,3-11H2,1-2H3. The van der Waals surface area contributed by atoms with Gasteiger partial charge >= 0.3 is 0 Å². The second-order valence-electron chi connectivity index (χ2n) is 6.29. The quantitative estimate of drug-likeness (QED) is 0.768. The first-order valence-corrected chi connectivity index (χ1v) is 7.92. The number of anilines is 1. The van der Waals surface area contributed by atoms with Crippen molar-refractivity contribution < 1.29 is 4.74 Å². The summed E-state index contributed by atoms with van der Waals surface area (Å²) in [5.41, 5.74) is 4.55. The van der Waals surface area contributed by atoms with Crippen molar-refractivity contribution in [3.63, 3.8) is 0 Å². The molecule has 0 aromatic heterocycles. The Morgan fingerprint density at radius 2 is 1.75 bits per heavy atom. The van der Waals surface area contributed by atoms with Gasteiger partial charge in [0.25, 0.3) is 0 Å². The minimum atomic E-state index is 0.820. The van der Waals surface area contributed by atoms with Gasteiger partial charge in [-0.2, -0.15) is 0 Å². The molecule has 0 aliphatic carbocycles. The molecule has 0 saturated heterocycles. The Bertz CT molecular complexity index is 439.